The van der Waals surface area contributed by atoms with Crippen molar-refractivity contribution in [2.75, 3.05) is 26.8 Å². The second-order valence-corrected chi connectivity index (χ2v) is 3.52. The SMILES string of the molecule is COCC(C)C1CCNCC1. The molecule has 1 aliphatic heterocycles. The van der Waals surface area contributed by atoms with Crippen molar-refractivity contribution in [2.45, 2.75) is 19.8 Å². The highest BCUT2D eigenvalue weighted by molar-refractivity contribution is 4.72. The van der Waals surface area contributed by atoms with E-state index in [1.54, 1.807) is 7.11 Å². The molecule has 0 bridgehead atoms. The third-order valence-corrected chi connectivity index (χ3v) is 2.62. The van der Waals surface area contributed by atoms with Gasteiger partial charge in [-0.1, -0.05) is 6.92 Å². The van der Waals surface area contributed by atoms with E-state index in [-0.39, 0.29) is 0 Å². The van der Waals surface area contributed by atoms with E-state index >= 15 is 0 Å². The van der Waals surface area contributed by atoms with E-state index in [0.717, 1.165) is 18.4 Å². The van der Waals surface area contributed by atoms with E-state index in [1.165, 1.54) is 25.9 Å². The number of rotatable bonds is 3. The van der Waals surface area contributed by atoms with Gasteiger partial charge in [-0.15, -0.1) is 0 Å². The van der Waals surface area contributed by atoms with E-state index < -0.39 is 0 Å². The van der Waals surface area contributed by atoms with E-state index in [0.29, 0.717) is 0 Å². The molecule has 1 heterocycles. The fraction of sp³-hybridized carbons (Fsp3) is 1.00. The fourth-order valence-corrected chi connectivity index (χ4v) is 1.81. The largest absolute Gasteiger partial charge is 0.384 e. The summed E-state index contributed by atoms with van der Waals surface area (Å²) in [7, 11) is 1.79. The molecule has 1 atom stereocenters. The first-order valence-electron chi connectivity index (χ1n) is 4.54. The van der Waals surface area contributed by atoms with Gasteiger partial charge in [0.05, 0.1) is 0 Å². The fourth-order valence-electron chi connectivity index (χ4n) is 1.81. The molecule has 11 heavy (non-hydrogen) atoms. The zero-order chi connectivity index (χ0) is 8.10. The lowest BCUT2D eigenvalue weighted by atomic mass is 9.87. The molecule has 2 nitrogen and oxygen atoms in total. The highest BCUT2D eigenvalue weighted by atomic mass is 16.5. The monoisotopic (exact) mass is 157 g/mol. The lowest BCUT2D eigenvalue weighted by Crippen LogP contribution is -2.32. The molecule has 0 aliphatic carbocycles. The first-order chi connectivity index (χ1) is 5.34. The Balaban J connectivity index is 2.21. The van der Waals surface area contributed by atoms with Crippen molar-refractivity contribution in [1.29, 1.82) is 0 Å². The first kappa shape index (κ1) is 9.01. The molecule has 0 aromatic rings. The van der Waals surface area contributed by atoms with Gasteiger partial charge in [0.25, 0.3) is 0 Å². The van der Waals surface area contributed by atoms with Crippen LogP contribution in [0.5, 0.6) is 0 Å². The number of hydrogen-bond donors (Lipinski definition) is 1. The van der Waals surface area contributed by atoms with E-state index in [9.17, 15) is 0 Å². The minimum absolute atomic E-state index is 0.738. The zero-order valence-electron chi connectivity index (χ0n) is 7.60. The van der Waals surface area contributed by atoms with Crippen LogP contribution in [0.25, 0.3) is 0 Å². The maximum absolute atomic E-state index is 5.14. The van der Waals surface area contributed by atoms with E-state index in [4.69, 9.17) is 4.74 Å². The molecule has 66 valence electrons. The molecular weight excluding hydrogens is 138 g/mol. The highest BCUT2D eigenvalue weighted by Crippen LogP contribution is 2.21. The van der Waals surface area contributed by atoms with Gasteiger partial charge in [-0.05, 0) is 37.8 Å². The maximum Gasteiger partial charge on any atom is 0.0490 e. The maximum atomic E-state index is 5.14. The second kappa shape index (κ2) is 4.73. The molecule has 0 radical (unpaired) electrons. The summed E-state index contributed by atoms with van der Waals surface area (Å²) in [4.78, 5) is 0. The molecule has 1 saturated heterocycles. The van der Waals surface area contributed by atoms with E-state index in [2.05, 4.69) is 12.2 Å². The van der Waals surface area contributed by atoms with Crippen LogP contribution in [0.1, 0.15) is 19.8 Å². The molecule has 1 unspecified atom stereocenters. The number of ether oxygens (including phenoxy) is 1. The predicted octanol–water partition coefficient (Wildman–Crippen LogP) is 1.27. The first-order valence-corrected chi connectivity index (χ1v) is 4.54. The van der Waals surface area contributed by atoms with Gasteiger partial charge in [0, 0.05) is 13.7 Å². The summed E-state index contributed by atoms with van der Waals surface area (Å²) < 4.78 is 5.14. The molecule has 1 rings (SSSR count). The Morgan fingerprint density at radius 2 is 2.09 bits per heavy atom. The highest BCUT2D eigenvalue weighted by Gasteiger charge is 2.18. The van der Waals surface area contributed by atoms with Crippen molar-refractivity contribution in [3.05, 3.63) is 0 Å². The Hall–Kier alpha value is -0.0800. The minimum Gasteiger partial charge on any atom is -0.384 e. The van der Waals surface area contributed by atoms with Crippen molar-refractivity contribution in [2.24, 2.45) is 11.8 Å². The molecular formula is C9H19NO. The summed E-state index contributed by atoms with van der Waals surface area (Å²) in [5.74, 6) is 1.62. The molecule has 1 fully saturated rings. The lowest BCUT2D eigenvalue weighted by molar-refractivity contribution is 0.117. The number of methoxy groups -OCH3 is 1. The predicted molar refractivity (Wildman–Crippen MR) is 46.6 cm³/mol. The van der Waals surface area contributed by atoms with Crippen LogP contribution in [0.3, 0.4) is 0 Å². The van der Waals surface area contributed by atoms with Crippen LogP contribution < -0.4 is 5.32 Å². The Bertz CT molecular complexity index is 99.7. The zero-order valence-corrected chi connectivity index (χ0v) is 7.60. The standard InChI is InChI=1S/C9H19NO/c1-8(7-11-2)9-3-5-10-6-4-9/h8-10H,3-7H2,1-2H3. The molecule has 0 spiro atoms. The second-order valence-electron chi connectivity index (χ2n) is 3.52. The van der Waals surface area contributed by atoms with Gasteiger partial charge in [-0.2, -0.15) is 0 Å². The Morgan fingerprint density at radius 3 is 2.64 bits per heavy atom. The van der Waals surface area contributed by atoms with Gasteiger partial charge in [0.15, 0.2) is 0 Å². The van der Waals surface area contributed by atoms with Crippen molar-refractivity contribution < 1.29 is 4.74 Å². The Labute approximate surface area is 69.3 Å². The summed E-state index contributed by atoms with van der Waals surface area (Å²) in [5, 5.41) is 3.37. The number of piperidine rings is 1. The average Bonchev–Trinajstić information content (AvgIpc) is 2.07. The third kappa shape index (κ3) is 2.80. The third-order valence-electron chi connectivity index (χ3n) is 2.62. The Morgan fingerprint density at radius 1 is 1.45 bits per heavy atom. The van der Waals surface area contributed by atoms with Crippen LogP contribution >= 0.6 is 0 Å². The molecule has 1 aliphatic rings. The van der Waals surface area contributed by atoms with E-state index in [1.807, 2.05) is 0 Å². The quantitative estimate of drug-likeness (QED) is 0.666. The molecule has 2 heteroatoms. The normalized spacial score (nSPS) is 23.5. The average molecular weight is 157 g/mol. The van der Waals surface area contributed by atoms with Gasteiger partial charge >= 0.3 is 0 Å². The van der Waals surface area contributed by atoms with Crippen LogP contribution in [0, 0.1) is 11.8 Å². The summed E-state index contributed by atoms with van der Waals surface area (Å²) in [5.41, 5.74) is 0. The van der Waals surface area contributed by atoms with Crippen molar-refractivity contribution >= 4 is 0 Å². The smallest absolute Gasteiger partial charge is 0.0490 e. The summed E-state index contributed by atoms with van der Waals surface area (Å²) >= 11 is 0. The number of nitrogens with one attached hydrogen (secondary N) is 1. The number of hydrogen-bond acceptors (Lipinski definition) is 2. The molecule has 1 N–H and O–H groups in total. The van der Waals surface area contributed by atoms with Gasteiger partial charge in [0.2, 0.25) is 0 Å². The van der Waals surface area contributed by atoms with Gasteiger partial charge < -0.3 is 10.1 Å². The van der Waals surface area contributed by atoms with Crippen LogP contribution in [-0.4, -0.2) is 26.8 Å². The van der Waals surface area contributed by atoms with Crippen molar-refractivity contribution in [3.8, 4) is 0 Å². The summed E-state index contributed by atoms with van der Waals surface area (Å²) in [6, 6.07) is 0. The minimum atomic E-state index is 0.738. The van der Waals surface area contributed by atoms with Crippen LogP contribution in [-0.2, 0) is 4.74 Å². The van der Waals surface area contributed by atoms with Gasteiger partial charge in [-0.25, -0.2) is 0 Å². The molecule has 0 aromatic carbocycles. The van der Waals surface area contributed by atoms with Crippen LogP contribution in [0.2, 0.25) is 0 Å². The van der Waals surface area contributed by atoms with Gasteiger partial charge in [0.1, 0.15) is 0 Å². The lowest BCUT2D eigenvalue weighted by Gasteiger charge is -2.27. The molecule has 0 aromatic heterocycles. The van der Waals surface area contributed by atoms with Crippen molar-refractivity contribution in [3.63, 3.8) is 0 Å². The van der Waals surface area contributed by atoms with Crippen LogP contribution in [0.15, 0.2) is 0 Å². The molecule has 0 amide bonds. The molecule has 0 saturated carbocycles. The summed E-state index contributed by atoms with van der Waals surface area (Å²) in [6.45, 7) is 5.60. The summed E-state index contributed by atoms with van der Waals surface area (Å²) in [6.07, 6.45) is 2.65. The van der Waals surface area contributed by atoms with Gasteiger partial charge in [-0.3, -0.25) is 0 Å². The van der Waals surface area contributed by atoms with Crippen LogP contribution in [0.4, 0.5) is 0 Å². The Kier molecular flexibility index (Phi) is 3.87. The topological polar surface area (TPSA) is 21.3 Å². The van der Waals surface area contributed by atoms with Crippen molar-refractivity contribution in [1.82, 2.24) is 5.32 Å².